The lowest BCUT2D eigenvalue weighted by Crippen LogP contribution is -2.14. The van der Waals surface area contributed by atoms with E-state index in [1.54, 1.807) is 39.0 Å². The minimum atomic E-state index is -3.34. The van der Waals surface area contributed by atoms with Gasteiger partial charge in [-0.25, -0.2) is 46.7 Å². The number of aryl methyl sites for hydroxylation is 4. The van der Waals surface area contributed by atoms with Crippen LogP contribution in [0.3, 0.4) is 0 Å². The zero-order valence-electron chi connectivity index (χ0n) is 45.3. The highest BCUT2D eigenvalue weighted by Gasteiger charge is 2.17. The first-order valence-corrected chi connectivity index (χ1v) is 28.8. The van der Waals surface area contributed by atoms with E-state index in [-0.39, 0.29) is 59.1 Å². The molecular formula is C60H62N10O8S2. The summed E-state index contributed by atoms with van der Waals surface area (Å²) < 4.78 is 57.2. The molecule has 4 heterocycles. The summed E-state index contributed by atoms with van der Waals surface area (Å²) in [6.45, 7) is 14.8. The number of amides is 2. The Hall–Kier alpha value is -8.88. The molecule has 2 atom stereocenters. The van der Waals surface area contributed by atoms with Crippen LogP contribution in [0.2, 0.25) is 0 Å². The van der Waals surface area contributed by atoms with Crippen LogP contribution in [0, 0.1) is 13.8 Å². The number of nitrogens with one attached hydrogen (secondary N) is 2. The number of benzene rings is 4. The van der Waals surface area contributed by atoms with Crippen LogP contribution in [-0.4, -0.2) is 94.2 Å². The molecular weight excluding hydrogens is 1050 g/mol. The number of nitrogens with zero attached hydrogens (tertiary/aromatic N) is 8. The summed E-state index contributed by atoms with van der Waals surface area (Å²) in [4.78, 5) is 60.5. The molecule has 18 nitrogen and oxygen atoms in total. The van der Waals surface area contributed by atoms with Crippen LogP contribution in [0.1, 0.15) is 91.7 Å². The number of aromatic nitrogens is 8. The van der Waals surface area contributed by atoms with Crippen molar-refractivity contribution in [3.05, 3.63) is 215 Å². The van der Waals surface area contributed by atoms with Crippen molar-refractivity contribution < 1.29 is 35.9 Å². The van der Waals surface area contributed by atoms with Crippen molar-refractivity contribution in [1.29, 1.82) is 0 Å². The molecule has 0 aliphatic rings. The molecule has 2 N–H and O–H groups in total. The van der Waals surface area contributed by atoms with E-state index in [1.165, 1.54) is 24.8 Å². The third kappa shape index (κ3) is 16.6. The molecule has 2 amide bonds. The number of hydrogen-bond donors (Lipinski definition) is 2. The van der Waals surface area contributed by atoms with Crippen LogP contribution in [0.15, 0.2) is 158 Å². The summed E-state index contributed by atoms with van der Waals surface area (Å²) in [5, 5.41) is 7.59. The minimum absolute atomic E-state index is 0.114. The lowest BCUT2D eigenvalue weighted by Gasteiger charge is -2.14. The maximum Gasteiger partial charge on any atom is 0.258 e. The third-order valence-corrected chi connectivity index (χ3v) is 15.5. The van der Waals surface area contributed by atoms with Crippen LogP contribution in [-0.2, 0) is 45.4 Å². The summed E-state index contributed by atoms with van der Waals surface area (Å²) in [6, 6.07) is 27.2. The number of rotatable bonds is 22. The second-order valence-electron chi connectivity index (χ2n) is 18.9. The Morgan fingerprint density at radius 1 is 0.550 bits per heavy atom. The summed E-state index contributed by atoms with van der Waals surface area (Å²) >= 11 is 0. The van der Waals surface area contributed by atoms with E-state index >= 15 is 0 Å². The van der Waals surface area contributed by atoms with E-state index < -0.39 is 19.7 Å². The number of methoxy groups -OCH3 is 2. The summed E-state index contributed by atoms with van der Waals surface area (Å²) in [6.07, 6.45) is 14.2. The molecule has 0 fully saturated rings. The van der Waals surface area contributed by atoms with Gasteiger partial charge in [0.15, 0.2) is 19.7 Å². The average Bonchev–Trinajstić information content (AvgIpc) is 3.49. The molecule has 0 saturated carbocycles. The minimum Gasteiger partial charge on any atom is -0.496 e. The van der Waals surface area contributed by atoms with Gasteiger partial charge in [0.25, 0.3) is 11.8 Å². The van der Waals surface area contributed by atoms with Crippen molar-refractivity contribution in [2.75, 3.05) is 36.4 Å². The lowest BCUT2D eigenvalue weighted by atomic mass is 9.95. The number of anilines is 2. The van der Waals surface area contributed by atoms with Gasteiger partial charge in [-0.1, -0.05) is 75.5 Å². The molecule has 4 aromatic carbocycles. The van der Waals surface area contributed by atoms with Crippen molar-refractivity contribution in [3.8, 4) is 34.0 Å². The molecule has 4 aromatic heterocycles. The molecule has 412 valence electrons. The second kappa shape index (κ2) is 27.1. The van der Waals surface area contributed by atoms with Crippen LogP contribution in [0.5, 0.6) is 11.5 Å². The van der Waals surface area contributed by atoms with Gasteiger partial charge in [-0.3, -0.25) is 19.6 Å². The Bertz CT molecular complexity index is 3490. The number of hydrogen-bond acceptors (Lipinski definition) is 16. The van der Waals surface area contributed by atoms with Gasteiger partial charge in [-0.05, 0) is 97.2 Å². The largest absolute Gasteiger partial charge is 0.496 e. The normalized spacial score (nSPS) is 12.0. The summed E-state index contributed by atoms with van der Waals surface area (Å²) in [7, 11) is -3.38. The molecule has 0 saturated heterocycles. The van der Waals surface area contributed by atoms with Crippen molar-refractivity contribution >= 4 is 42.9 Å². The van der Waals surface area contributed by atoms with Gasteiger partial charge in [0, 0.05) is 83.3 Å². The van der Waals surface area contributed by atoms with Gasteiger partial charge in [0.1, 0.15) is 23.1 Å². The lowest BCUT2D eigenvalue weighted by molar-refractivity contribution is 0.101. The first kappa shape index (κ1) is 58.8. The van der Waals surface area contributed by atoms with E-state index in [1.807, 2.05) is 98.8 Å². The van der Waals surface area contributed by atoms with Gasteiger partial charge in [0.2, 0.25) is 0 Å². The molecule has 20 heteroatoms. The fourth-order valence-electron chi connectivity index (χ4n) is 8.20. The van der Waals surface area contributed by atoms with E-state index in [0.717, 1.165) is 78.5 Å². The predicted molar refractivity (Wildman–Crippen MR) is 310 cm³/mol. The summed E-state index contributed by atoms with van der Waals surface area (Å²) in [5.41, 5.74) is 11.2. The average molecular weight is 1120 g/mol. The fourth-order valence-corrected chi connectivity index (χ4v) is 9.47. The number of sulfone groups is 2. The SMILES string of the molecule is C=CS(=O)(=O)CCc1ncc(C(=O)Nc2cccc(C(C)Cc3cncc(-c4ccc(C)c(OC)c4)n3)c2)cn1.C=CS(=O)(=O)CCc1ncc(C(=O)Nc2cccc([C@H](C)Cc3cncc(-c4ccc(C)c(OC)c4)n3)c2)cn1. The van der Waals surface area contributed by atoms with Crippen molar-refractivity contribution in [2.24, 2.45) is 0 Å². The van der Waals surface area contributed by atoms with Crippen molar-refractivity contribution in [2.45, 2.75) is 65.2 Å². The van der Waals surface area contributed by atoms with Crippen LogP contribution < -0.4 is 20.1 Å². The Labute approximate surface area is 466 Å². The number of carbonyl (C=O) groups excluding carboxylic acids is 2. The Kier molecular flexibility index (Phi) is 19.9. The highest BCUT2D eigenvalue weighted by Crippen LogP contribution is 2.29. The first-order valence-electron chi connectivity index (χ1n) is 25.4. The second-order valence-corrected chi connectivity index (χ2v) is 23.0. The van der Waals surface area contributed by atoms with Gasteiger partial charge in [-0.2, -0.15) is 0 Å². The maximum absolute atomic E-state index is 12.8. The molecule has 0 bridgehead atoms. The Morgan fingerprint density at radius 3 is 1.30 bits per heavy atom. The highest BCUT2D eigenvalue weighted by atomic mass is 32.2. The zero-order chi connectivity index (χ0) is 57.4. The molecule has 0 aliphatic heterocycles. The number of ether oxygens (including phenoxy) is 2. The quantitative estimate of drug-likeness (QED) is 0.0641. The topological polar surface area (TPSA) is 248 Å². The van der Waals surface area contributed by atoms with Gasteiger partial charge in [-0.15, -0.1) is 0 Å². The first-order chi connectivity index (χ1) is 38.3. The van der Waals surface area contributed by atoms with E-state index in [2.05, 4.69) is 67.5 Å². The predicted octanol–water partition coefficient (Wildman–Crippen LogP) is 9.90. The molecule has 80 heavy (non-hydrogen) atoms. The van der Waals surface area contributed by atoms with Gasteiger partial charge >= 0.3 is 0 Å². The number of carbonyl (C=O) groups is 2. The van der Waals surface area contributed by atoms with Crippen molar-refractivity contribution in [1.82, 2.24) is 39.9 Å². The van der Waals surface area contributed by atoms with E-state index in [9.17, 15) is 26.4 Å². The molecule has 1 unspecified atom stereocenters. The molecule has 0 radical (unpaired) electrons. The van der Waals surface area contributed by atoms with Gasteiger partial charge in [0.05, 0.1) is 72.0 Å². The standard InChI is InChI=1S/2C30H31N5O4S/c2*1-5-40(37,38)12-11-29-32-16-24(17-33-29)30(36)35-25-8-6-7-22(14-25)21(3)13-26-18-31-19-27(34-26)23-10-9-20(2)28(15-23)39-4/h2*5-10,14-19,21H,1,11-13H2,2-4H3,(H,35,36)/t21-;/m1./s1. The zero-order valence-corrected chi connectivity index (χ0v) is 47.0. The maximum atomic E-state index is 12.8. The molecule has 8 rings (SSSR count). The van der Waals surface area contributed by atoms with Gasteiger partial charge < -0.3 is 20.1 Å². The van der Waals surface area contributed by atoms with Crippen LogP contribution >= 0.6 is 0 Å². The van der Waals surface area contributed by atoms with E-state index in [4.69, 9.17) is 19.4 Å². The van der Waals surface area contributed by atoms with Crippen LogP contribution in [0.4, 0.5) is 11.4 Å². The smallest absolute Gasteiger partial charge is 0.258 e. The molecule has 8 aromatic rings. The van der Waals surface area contributed by atoms with E-state index in [0.29, 0.717) is 35.9 Å². The molecule has 0 spiro atoms. The van der Waals surface area contributed by atoms with Crippen molar-refractivity contribution in [3.63, 3.8) is 0 Å². The third-order valence-electron chi connectivity index (χ3n) is 12.9. The highest BCUT2D eigenvalue weighted by molar-refractivity contribution is 7.94. The molecule has 0 aliphatic carbocycles. The summed E-state index contributed by atoms with van der Waals surface area (Å²) in [5.74, 6) is 1.53. The Morgan fingerprint density at radius 2 is 0.938 bits per heavy atom. The monoisotopic (exact) mass is 1110 g/mol. The Balaban J connectivity index is 0.000000231. The fraction of sp³-hybridized carbons (Fsp3) is 0.233. The van der Waals surface area contributed by atoms with Crippen LogP contribution in [0.25, 0.3) is 22.5 Å².